The number of hydrogen-bond acceptors (Lipinski definition) is 6. The Kier molecular flexibility index (Phi) is 18.7. The van der Waals surface area contributed by atoms with E-state index < -0.39 is 0 Å². The van der Waals surface area contributed by atoms with E-state index in [0.29, 0.717) is 57.3 Å². The molecule has 0 spiro atoms. The highest BCUT2D eigenvalue weighted by Crippen LogP contribution is 2.44. The molecule has 2 atom stereocenters. The zero-order chi connectivity index (χ0) is 33.2. The number of esters is 2. The zero-order valence-electron chi connectivity index (χ0n) is 29.8. The molecule has 0 amide bonds. The molecule has 0 saturated heterocycles. The van der Waals surface area contributed by atoms with Gasteiger partial charge < -0.3 is 19.3 Å². The summed E-state index contributed by atoms with van der Waals surface area (Å²) in [5, 5.41) is 11.2. The molecule has 0 saturated carbocycles. The molecule has 44 heavy (non-hydrogen) atoms. The molecular weight excluding hydrogens is 552 g/mol. The van der Waals surface area contributed by atoms with Crippen LogP contribution >= 0.6 is 0 Å². The molecule has 0 fully saturated rings. The van der Waals surface area contributed by atoms with Crippen molar-refractivity contribution in [3.8, 4) is 11.5 Å². The summed E-state index contributed by atoms with van der Waals surface area (Å²) < 4.78 is 17.3. The Morgan fingerprint density at radius 2 is 1.16 bits per heavy atom. The molecule has 6 heteroatoms. The highest BCUT2D eigenvalue weighted by atomic mass is 16.5. The fourth-order valence-corrected chi connectivity index (χ4v) is 5.90. The maximum absolute atomic E-state index is 12.5. The molecule has 0 radical (unpaired) electrons. The van der Waals surface area contributed by atoms with Crippen LogP contribution in [0.1, 0.15) is 163 Å². The summed E-state index contributed by atoms with van der Waals surface area (Å²) in [7, 11) is 0. The molecule has 1 aromatic carbocycles. The lowest BCUT2D eigenvalue weighted by Crippen LogP contribution is -2.22. The first-order valence-electron chi connectivity index (χ1n) is 17.7. The van der Waals surface area contributed by atoms with Crippen molar-refractivity contribution in [1.29, 1.82) is 0 Å². The summed E-state index contributed by atoms with van der Waals surface area (Å²) >= 11 is 0. The first-order chi connectivity index (χ1) is 20.8. The molecular formula is C38H66O6. The van der Waals surface area contributed by atoms with E-state index in [0.717, 1.165) is 68.2 Å². The van der Waals surface area contributed by atoms with Crippen LogP contribution < -0.4 is 4.74 Å². The van der Waals surface area contributed by atoms with Gasteiger partial charge in [0.15, 0.2) is 0 Å². The van der Waals surface area contributed by atoms with Gasteiger partial charge in [0.2, 0.25) is 0 Å². The quantitative estimate of drug-likeness (QED) is 0.116. The van der Waals surface area contributed by atoms with E-state index >= 15 is 0 Å². The summed E-state index contributed by atoms with van der Waals surface area (Å²) in [6.45, 7) is 20.6. The molecule has 1 aromatic rings. The lowest BCUT2D eigenvalue weighted by molar-refractivity contribution is -0.146. The smallest absolute Gasteiger partial charge is 0.305 e. The molecule has 1 rings (SSSR count). The molecule has 254 valence electrons. The van der Waals surface area contributed by atoms with Crippen LogP contribution in [0.15, 0.2) is 12.1 Å². The molecule has 6 nitrogen and oxygen atoms in total. The molecule has 0 heterocycles. The third-order valence-corrected chi connectivity index (χ3v) is 9.27. The largest absolute Gasteiger partial charge is 0.508 e. The van der Waals surface area contributed by atoms with Crippen LogP contribution in [0.2, 0.25) is 0 Å². The van der Waals surface area contributed by atoms with Gasteiger partial charge in [-0.1, -0.05) is 93.9 Å². The van der Waals surface area contributed by atoms with Gasteiger partial charge in [0.25, 0.3) is 0 Å². The second-order valence-electron chi connectivity index (χ2n) is 14.0. The summed E-state index contributed by atoms with van der Waals surface area (Å²) in [4.78, 5) is 24.9. The maximum atomic E-state index is 12.5. The number of ether oxygens (including phenoxy) is 3. The Labute approximate surface area is 270 Å². The van der Waals surface area contributed by atoms with Crippen molar-refractivity contribution in [3.05, 3.63) is 23.3 Å². The second kappa shape index (κ2) is 20.7. The third-order valence-electron chi connectivity index (χ3n) is 9.27. The second-order valence-corrected chi connectivity index (χ2v) is 14.0. The van der Waals surface area contributed by atoms with E-state index in [1.807, 2.05) is 19.1 Å². The summed E-state index contributed by atoms with van der Waals surface area (Å²) in [6, 6.07) is 3.82. The molecule has 0 aliphatic carbocycles. The Hall–Kier alpha value is -2.24. The molecule has 0 aliphatic heterocycles. The first-order valence-corrected chi connectivity index (χ1v) is 17.7. The maximum Gasteiger partial charge on any atom is 0.305 e. The van der Waals surface area contributed by atoms with Crippen molar-refractivity contribution in [2.45, 2.75) is 163 Å². The Bertz CT molecular complexity index is 966. The van der Waals surface area contributed by atoms with Crippen molar-refractivity contribution >= 4 is 11.9 Å². The third kappa shape index (κ3) is 14.2. The van der Waals surface area contributed by atoms with E-state index in [1.54, 1.807) is 0 Å². The zero-order valence-corrected chi connectivity index (χ0v) is 29.8. The van der Waals surface area contributed by atoms with Crippen LogP contribution in [0.4, 0.5) is 0 Å². The Morgan fingerprint density at radius 3 is 1.57 bits per heavy atom. The van der Waals surface area contributed by atoms with Crippen LogP contribution in [0.5, 0.6) is 11.5 Å². The number of unbranched alkanes of at least 4 members (excludes halogenated alkanes) is 2. The van der Waals surface area contributed by atoms with E-state index in [2.05, 4.69) is 55.4 Å². The number of phenols is 1. The molecule has 2 unspecified atom stereocenters. The number of aromatic hydroxyl groups is 1. The van der Waals surface area contributed by atoms with Crippen LogP contribution in [0.25, 0.3) is 0 Å². The van der Waals surface area contributed by atoms with Crippen LogP contribution in [0, 0.1) is 11.8 Å². The van der Waals surface area contributed by atoms with Crippen LogP contribution in [0.3, 0.4) is 0 Å². The van der Waals surface area contributed by atoms with Gasteiger partial charge in [0, 0.05) is 24.0 Å². The minimum atomic E-state index is -0.358. The van der Waals surface area contributed by atoms with Crippen molar-refractivity contribution in [1.82, 2.24) is 0 Å². The van der Waals surface area contributed by atoms with E-state index in [1.165, 1.54) is 12.8 Å². The van der Waals surface area contributed by atoms with Gasteiger partial charge in [-0.3, -0.25) is 9.59 Å². The number of rotatable bonds is 24. The van der Waals surface area contributed by atoms with E-state index in [9.17, 15) is 14.7 Å². The van der Waals surface area contributed by atoms with Crippen molar-refractivity contribution in [2.24, 2.45) is 11.8 Å². The predicted octanol–water partition coefficient (Wildman–Crippen LogP) is 10.2. The van der Waals surface area contributed by atoms with Gasteiger partial charge in [-0.2, -0.15) is 0 Å². The normalized spacial score (nSPS) is 13.4. The first kappa shape index (κ1) is 39.8. The minimum Gasteiger partial charge on any atom is -0.508 e. The summed E-state index contributed by atoms with van der Waals surface area (Å²) in [5.74, 6) is 1.61. The van der Waals surface area contributed by atoms with E-state index in [-0.39, 0.29) is 28.5 Å². The van der Waals surface area contributed by atoms with Gasteiger partial charge in [-0.15, -0.1) is 0 Å². The van der Waals surface area contributed by atoms with Gasteiger partial charge in [0.1, 0.15) is 11.5 Å². The fourth-order valence-electron chi connectivity index (χ4n) is 5.90. The summed E-state index contributed by atoms with van der Waals surface area (Å²) in [5.41, 5.74) is 1.09. The topological polar surface area (TPSA) is 82.1 Å². The van der Waals surface area contributed by atoms with Crippen molar-refractivity contribution in [2.75, 3.05) is 19.8 Å². The minimum absolute atomic E-state index is 0.133. The monoisotopic (exact) mass is 618 g/mol. The number of carbonyl (C=O) groups is 2. The Morgan fingerprint density at radius 1 is 0.705 bits per heavy atom. The number of hydrogen-bond donors (Lipinski definition) is 1. The number of phenolic OH excluding ortho intramolecular Hbond substituents is 1. The van der Waals surface area contributed by atoms with Crippen molar-refractivity contribution in [3.63, 3.8) is 0 Å². The standard InChI is InChI=1S/C38H66O6/c1-10-15-19-29(12-3)27-43-35(40)21-17-23-37(6,7)31-26-34(42-14-5)32(25-33(31)39)38(8,9)24-18-22-36(41)44-28-30(13-4)20-16-11-2/h25-26,29-30,39H,10-24,27-28H2,1-9H3. The van der Waals surface area contributed by atoms with Crippen LogP contribution in [-0.2, 0) is 29.9 Å². The predicted molar refractivity (Wildman–Crippen MR) is 182 cm³/mol. The van der Waals surface area contributed by atoms with Crippen molar-refractivity contribution < 1.29 is 28.9 Å². The molecule has 0 aliphatic rings. The van der Waals surface area contributed by atoms with Crippen LogP contribution in [-0.4, -0.2) is 36.9 Å². The van der Waals surface area contributed by atoms with Gasteiger partial charge in [0.05, 0.1) is 19.8 Å². The number of benzene rings is 1. The highest BCUT2D eigenvalue weighted by molar-refractivity contribution is 5.69. The molecule has 0 bridgehead atoms. The Balaban J connectivity index is 2.82. The average Bonchev–Trinajstić information content (AvgIpc) is 2.97. The fraction of sp³-hybridized carbons (Fsp3) is 0.789. The molecule has 1 N–H and O–H groups in total. The lowest BCUT2D eigenvalue weighted by Gasteiger charge is -2.31. The van der Waals surface area contributed by atoms with Gasteiger partial charge in [-0.25, -0.2) is 0 Å². The SMILES string of the molecule is CCCCC(CC)COC(=O)CCCC(C)(C)c1cc(OCC)c(C(C)(C)CCCC(=O)OCC(CC)CCCC)cc1O. The molecule has 0 aromatic heterocycles. The van der Waals surface area contributed by atoms with Gasteiger partial charge in [-0.05, 0) is 80.2 Å². The van der Waals surface area contributed by atoms with Gasteiger partial charge >= 0.3 is 11.9 Å². The number of carbonyl (C=O) groups excluding carboxylic acids is 2. The summed E-state index contributed by atoms with van der Waals surface area (Å²) in [6.07, 6.45) is 12.6. The lowest BCUT2D eigenvalue weighted by atomic mass is 9.75. The van der Waals surface area contributed by atoms with E-state index in [4.69, 9.17) is 14.2 Å². The highest BCUT2D eigenvalue weighted by Gasteiger charge is 2.31. The average molecular weight is 619 g/mol.